The third-order valence-corrected chi connectivity index (χ3v) is 3.20. The van der Waals surface area contributed by atoms with Gasteiger partial charge < -0.3 is 5.11 Å². The van der Waals surface area contributed by atoms with Gasteiger partial charge in [-0.15, -0.1) is 0 Å². The van der Waals surface area contributed by atoms with Crippen LogP contribution >= 0.6 is 0 Å². The summed E-state index contributed by atoms with van der Waals surface area (Å²) in [6.45, 7) is 1.84. The Bertz CT molecular complexity index is 519. The average molecular weight is 242 g/mol. The lowest BCUT2D eigenvalue weighted by molar-refractivity contribution is -0.137. The minimum atomic E-state index is -0.711. The van der Waals surface area contributed by atoms with Gasteiger partial charge >= 0.3 is 5.97 Å². The Morgan fingerprint density at radius 2 is 1.67 bits per heavy atom. The molecule has 1 N–H and O–H groups in total. The first kappa shape index (κ1) is 12.6. The molecule has 0 atom stereocenters. The monoisotopic (exact) mass is 242 g/mol. The zero-order valence-electron chi connectivity index (χ0n) is 10.6. The molecule has 0 radical (unpaired) electrons. The highest BCUT2D eigenvalue weighted by Gasteiger charge is 2.11. The van der Waals surface area contributed by atoms with Gasteiger partial charge in [0.05, 0.1) is 0 Å². The van der Waals surface area contributed by atoms with Crippen molar-refractivity contribution in [2.45, 2.75) is 32.6 Å². The summed E-state index contributed by atoms with van der Waals surface area (Å²) in [6, 6.07) is 13.2. The normalized spacial score (nSPS) is 12.1. The quantitative estimate of drug-likeness (QED) is 0.869. The molecule has 0 bridgehead atoms. The van der Waals surface area contributed by atoms with E-state index in [-0.39, 0.29) is 0 Å². The van der Waals surface area contributed by atoms with Gasteiger partial charge in [0.1, 0.15) is 0 Å². The van der Waals surface area contributed by atoms with Crippen molar-refractivity contribution >= 4 is 16.7 Å². The number of carbonyl (C=O) groups is 1. The topological polar surface area (TPSA) is 37.3 Å². The van der Waals surface area contributed by atoms with Crippen LogP contribution in [0.1, 0.15) is 30.9 Å². The maximum Gasteiger partial charge on any atom is 0.303 e. The van der Waals surface area contributed by atoms with Gasteiger partial charge in [0.2, 0.25) is 0 Å². The zero-order valence-corrected chi connectivity index (χ0v) is 10.6. The van der Waals surface area contributed by atoms with Gasteiger partial charge in [0.25, 0.3) is 0 Å². The Labute approximate surface area is 107 Å². The van der Waals surface area contributed by atoms with E-state index in [4.69, 9.17) is 5.11 Å². The summed E-state index contributed by atoms with van der Waals surface area (Å²) in [4.78, 5) is 9.60. The molecular weight excluding hydrogens is 224 g/mol. The summed E-state index contributed by atoms with van der Waals surface area (Å²) in [6.07, 6.45) is 3.49. The Kier molecular flexibility index (Phi) is 3.98. The van der Waals surface area contributed by atoms with Crippen LogP contribution in [-0.2, 0) is 17.6 Å². The molecule has 3 rings (SSSR count). The van der Waals surface area contributed by atoms with Crippen molar-refractivity contribution in [3.8, 4) is 0 Å². The van der Waals surface area contributed by atoms with Crippen molar-refractivity contribution in [3.05, 3.63) is 47.5 Å². The van der Waals surface area contributed by atoms with E-state index in [1.165, 1.54) is 34.7 Å². The maximum atomic E-state index is 9.60. The molecule has 0 spiro atoms. The Morgan fingerprint density at radius 3 is 2.06 bits per heavy atom. The van der Waals surface area contributed by atoms with Gasteiger partial charge in [0, 0.05) is 6.42 Å². The van der Waals surface area contributed by atoms with Crippen molar-refractivity contribution in [3.63, 3.8) is 0 Å². The number of hydrogen-bond acceptors (Lipinski definition) is 1. The number of carboxylic acid groups (broad SMARTS) is 1. The fraction of sp³-hybridized carbons (Fsp3) is 0.312. The first-order valence-corrected chi connectivity index (χ1v) is 6.43. The van der Waals surface area contributed by atoms with Crippen molar-refractivity contribution < 1.29 is 9.90 Å². The summed E-state index contributed by atoms with van der Waals surface area (Å²) >= 11 is 0. The highest BCUT2D eigenvalue weighted by Crippen LogP contribution is 2.29. The first-order chi connectivity index (χ1) is 8.72. The number of rotatable bonds is 2. The molecular formula is C16H18O2. The third-order valence-electron chi connectivity index (χ3n) is 3.20. The fourth-order valence-electron chi connectivity index (χ4n) is 2.40. The Balaban J connectivity index is 0.000000174. The first-order valence-electron chi connectivity index (χ1n) is 6.43. The smallest absolute Gasteiger partial charge is 0.303 e. The maximum absolute atomic E-state index is 9.60. The van der Waals surface area contributed by atoms with Crippen molar-refractivity contribution in [1.29, 1.82) is 0 Å². The van der Waals surface area contributed by atoms with Crippen molar-refractivity contribution in [2.75, 3.05) is 0 Å². The summed E-state index contributed by atoms with van der Waals surface area (Å²) < 4.78 is 0. The van der Waals surface area contributed by atoms with Crippen LogP contribution in [0, 0.1) is 0 Å². The molecule has 0 aliphatic heterocycles. The summed E-state index contributed by atoms with van der Waals surface area (Å²) in [5.41, 5.74) is 3.06. The van der Waals surface area contributed by atoms with E-state index in [0.717, 1.165) is 6.42 Å². The molecule has 0 unspecified atom stereocenters. The molecule has 1 aliphatic carbocycles. The van der Waals surface area contributed by atoms with Crippen LogP contribution in [-0.4, -0.2) is 11.1 Å². The second kappa shape index (κ2) is 5.67. The average Bonchev–Trinajstić information content (AvgIpc) is 2.76. The fourth-order valence-corrected chi connectivity index (χ4v) is 2.40. The largest absolute Gasteiger partial charge is 0.481 e. The molecule has 2 aromatic carbocycles. The SMILES string of the molecule is CCCC(=O)O.c1cc2c3c(cccc3c1)CC2. The highest BCUT2D eigenvalue weighted by atomic mass is 16.4. The van der Waals surface area contributed by atoms with Gasteiger partial charge in [-0.3, -0.25) is 4.79 Å². The predicted octanol–water partition coefficient (Wildman–Crippen LogP) is 3.81. The van der Waals surface area contributed by atoms with Crippen LogP contribution in [0.2, 0.25) is 0 Å². The van der Waals surface area contributed by atoms with E-state index < -0.39 is 5.97 Å². The predicted molar refractivity (Wildman–Crippen MR) is 73.9 cm³/mol. The van der Waals surface area contributed by atoms with E-state index in [1.807, 2.05) is 6.92 Å². The molecule has 2 heteroatoms. The van der Waals surface area contributed by atoms with Crippen LogP contribution in [0.5, 0.6) is 0 Å². The Morgan fingerprint density at radius 1 is 1.11 bits per heavy atom. The lowest BCUT2D eigenvalue weighted by atomic mass is 10.1. The zero-order chi connectivity index (χ0) is 13.0. The molecule has 0 fully saturated rings. The highest BCUT2D eigenvalue weighted by molar-refractivity contribution is 5.90. The van der Waals surface area contributed by atoms with E-state index in [9.17, 15) is 4.79 Å². The van der Waals surface area contributed by atoms with Crippen molar-refractivity contribution in [1.82, 2.24) is 0 Å². The molecule has 0 aromatic heterocycles. The summed E-state index contributed by atoms with van der Waals surface area (Å²) in [7, 11) is 0. The number of hydrogen-bond donors (Lipinski definition) is 1. The van der Waals surface area contributed by atoms with Gasteiger partial charge in [0.15, 0.2) is 0 Å². The molecule has 94 valence electrons. The number of aliphatic carboxylic acids is 1. The Hall–Kier alpha value is -1.83. The molecule has 2 aromatic rings. The molecule has 0 saturated heterocycles. The van der Waals surface area contributed by atoms with Gasteiger partial charge in [-0.25, -0.2) is 0 Å². The second-order valence-electron chi connectivity index (χ2n) is 4.58. The second-order valence-corrected chi connectivity index (χ2v) is 4.58. The van der Waals surface area contributed by atoms with Gasteiger partial charge in [-0.1, -0.05) is 43.3 Å². The van der Waals surface area contributed by atoms with Gasteiger partial charge in [-0.05, 0) is 41.2 Å². The number of aryl methyl sites for hydroxylation is 2. The van der Waals surface area contributed by atoms with Crippen LogP contribution in [0.25, 0.3) is 10.8 Å². The molecule has 0 heterocycles. The minimum absolute atomic E-state index is 0.292. The lowest BCUT2D eigenvalue weighted by Gasteiger charge is -1.99. The van der Waals surface area contributed by atoms with Crippen molar-refractivity contribution in [2.24, 2.45) is 0 Å². The van der Waals surface area contributed by atoms with E-state index in [2.05, 4.69) is 36.4 Å². The third kappa shape index (κ3) is 2.70. The van der Waals surface area contributed by atoms with E-state index in [1.54, 1.807) is 0 Å². The van der Waals surface area contributed by atoms with Gasteiger partial charge in [-0.2, -0.15) is 0 Å². The molecule has 0 saturated carbocycles. The van der Waals surface area contributed by atoms with E-state index >= 15 is 0 Å². The summed E-state index contributed by atoms with van der Waals surface area (Å²) in [5, 5.41) is 10.8. The molecule has 0 amide bonds. The molecule has 1 aliphatic rings. The summed E-state index contributed by atoms with van der Waals surface area (Å²) in [5.74, 6) is -0.711. The lowest BCUT2D eigenvalue weighted by Crippen LogP contribution is -1.90. The molecule has 2 nitrogen and oxygen atoms in total. The van der Waals surface area contributed by atoms with Crippen LogP contribution in [0.3, 0.4) is 0 Å². The van der Waals surface area contributed by atoms with Crippen LogP contribution in [0.4, 0.5) is 0 Å². The molecule has 18 heavy (non-hydrogen) atoms. The standard InChI is InChI=1S/C12H10.C4H8O2/c1-3-9-4-2-6-11-8-7-10(5-1)12(9)11;1-2-3-4(5)6/h1-6H,7-8H2;2-3H2,1H3,(H,5,6). The van der Waals surface area contributed by atoms with Crippen LogP contribution < -0.4 is 0 Å². The number of benzene rings is 2. The minimum Gasteiger partial charge on any atom is -0.481 e. The van der Waals surface area contributed by atoms with Crippen LogP contribution in [0.15, 0.2) is 36.4 Å². The van der Waals surface area contributed by atoms with E-state index in [0.29, 0.717) is 6.42 Å². The number of carboxylic acids is 1.